The van der Waals surface area contributed by atoms with Crippen LogP contribution in [0.1, 0.15) is 0 Å². The monoisotopic (exact) mass is 710 g/mol. The van der Waals surface area contributed by atoms with Crippen LogP contribution in [-0.2, 0) is 47.4 Å². The van der Waals surface area contributed by atoms with Gasteiger partial charge in [-0.2, -0.15) is 10.2 Å². The molecule has 50 heavy (non-hydrogen) atoms. The Bertz CT molecular complexity index is 1110. The van der Waals surface area contributed by atoms with Crippen LogP contribution in [0.4, 0.5) is 22.7 Å². The quantitative estimate of drug-likeness (QED) is 0.0439. The van der Waals surface area contributed by atoms with E-state index in [0.29, 0.717) is 143 Å². The van der Waals surface area contributed by atoms with Crippen molar-refractivity contribution in [3.05, 3.63) is 58.6 Å². The molecule has 0 unspecified atom stereocenters. The molecular formula is C34H54N4O12. The summed E-state index contributed by atoms with van der Waals surface area (Å²) < 4.78 is 54.2. The van der Waals surface area contributed by atoms with Crippen molar-refractivity contribution in [3.63, 3.8) is 0 Å². The van der Waals surface area contributed by atoms with Gasteiger partial charge in [-0.25, -0.2) is 0 Å². The van der Waals surface area contributed by atoms with Gasteiger partial charge in [0.05, 0.1) is 142 Å². The number of likely N-dealkylation sites (N-methyl/N-ethyl adjacent to an activating group) is 1. The van der Waals surface area contributed by atoms with Gasteiger partial charge in [0.25, 0.3) is 5.69 Å². The summed E-state index contributed by atoms with van der Waals surface area (Å²) in [6.07, 6.45) is 0. The Kier molecular flexibility index (Phi) is 26.4. The lowest BCUT2D eigenvalue weighted by atomic mass is 10.2. The van der Waals surface area contributed by atoms with Crippen molar-refractivity contribution in [2.75, 3.05) is 151 Å². The Hall–Kier alpha value is -3.16. The van der Waals surface area contributed by atoms with Gasteiger partial charge in [-0.15, -0.1) is 0 Å². The molecule has 2 aromatic carbocycles. The fourth-order valence-electron chi connectivity index (χ4n) is 3.86. The van der Waals surface area contributed by atoms with Crippen molar-refractivity contribution in [1.29, 1.82) is 0 Å². The fourth-order valence-corrected chi connectivity index (χ4v) is 3.86. The Morgan fingerprint density at radius 1 is 0.500 bits per heavy atom. The van der Waals surface area contributed by atoms with Crippen LogP contribution in [0.2, 0.25) is 0 Å². The number of anilines is 1. The minimum Gasteiger partial charge on any atom is -0.382 e. The summed E-state index contributed by atoms with van der Waals surface area (Å²) in [5, 5.41) is 19.1. The molecule has 0 saturated heterocycles. The van der Waals surface area contributed by atoms with E-state index in [2.05, 4.69) is 15.1 Å². The molecule has 0 aliphatic rings. The highest BCUT2D eigenvalue weighted by Crippen LogP contribution is 2.23. The maximum absolute atomic E-state index is 10.8. The van der Waals surface area contributed by atoms with E-state index in [1.54, 1.807) is 19.2 Å². The first-order valence-electron chi connectivity index (χ1n) is 16.8. The maximum atomic E-state index is 10.8. The maximum Gasteiger partial charge on any atom is 0.269 e. The second-order valence-electron chi connectivity index (χ2n) is 10.4. The Balaban J connectivity index is 1.28. The minimum atomic E-state index is -0.449. The van der Waals surface area contributed by atoms with Crippen molar-refractivity contribution in [2.45, 2.75) is 0 Å². The van der Waals surface area contributed by atoms with Crippen molar-refractivity contribution in [3.8, 4) is 0 Å². The van der Waals surface area contributed by atoms with E-state index >= 15 is 0 Å². The van der Waals surface area contributed by atoms with Gasteiger partial charge in [-0.3, -0.25) is 10.1 Å². The molecule has 2 rings (SSSR count). The number of nitro groups is 1. The molecule has 2 aromatic rings. The topological polar surface area (TPSA) is 163 Å². The zero-order valence-corrected chi connectivity index (χ0v) is 29.4. The highest BCUT2D eigenvalue weighted by atomic mass is 16.6. The van der Waals surface area contributed by atoms with Crippen LogP contribution in [0.5, 0.6) is 0 Å². The lowest BCUT2D eigenvalue weighted by Crippen LogP contribution is -2.23. The van der Waals surface area contributed by atoms with Gasteiger partial charge in [0, 0.05) is 38.5 Å². The van der Waals surface area contributed by atoms with E-state index < -0.39 is 4.92 Å². The number of hydrogen-bond acceptors (Lipinski definition) is 15. The number of nitrogens with zero attached hydrogens (tertiary/aromatic N) is 4. The number of rotatable bonds is 34. The van der Waals surface area contributed by atoms with Crippen LogP contribution in [0.25, 0.3) is 0 Å². The van der Waals surface area contributed by atoms with Crippen molar-refractivity contribution >= 4 is 22.7 Å². The van der Waals surface area contributed by atoms with Gasteiger partial charge >= 0.3 is 0 Å². The molecule has 0 aromatic heterocycles. The summed E-state index contributed by atoms with van der Waals surface area (Å²) >= 11 is 0. The lowest BCUT2D eigenvalue weighted by Gasteiger charge is -2.19. The number of azo groups is 1. The first-order chi connectivity index (χ1) is 24.6. The van der Waals surface area contributed by atoms with Gasteiger partial charge < -0.3 is 52.3 Å². The highest BCUT2D eigenvalue weighted by Gasteiger charge is 2.04. The van der Waals surface area contributed by atoms with Gasteiger partial charge in [0.15, 0.2) is 0 Å². The average Bonchev–Trinajstić information content (AvgIpc) is 3.13. The smallest absolute Gasteiger partial charge is 0.269 e. The number of methoxy groups -OCH3 is 1. The van der Waals surface area contributed by atoms with Crippen LogP contribution >= 0.6 is 0 Å². The summed E-state index contributed by atoms with van der Waals surface area (Å²) in [7, 11) is 3.63. The second-order valence-corrected chi connectivity index (χ2v) is 10.4. The van der Waals surface area contributed by atoms with Crippen LogP contribution in [-0.4, -0.2) is 151 Å². The normalized spacial score (nSPS) is 11.5. The van der Waals surface area contributed by atoms with E-state index in [9.17, 15) is 10.1 Å². The number of nitro benzene ring substituents is 1. The molecular weight excluding hydrogens is 656 g/mol. The molecule has 0 atom stereocenters. The third kappa shape index (κ3) is 23.3. The van der Waals surface area contributed by atoms with Crippen molar-refractivity contribution in [2.24, 2.45) is 10.2 Å². The number of non-ortho nitro benzene ring substituents is 1. The summed E-state index contributed by atoms with van der Waals surface area (Å²) in [6, 6.07) is 13.5. The summed E-state index contributed by atoms with van der Waals surface area (Å²) in [6.45, 7) is 10.6. The number of benzene rings is 2. The predicted octanol–water partition coefficient (Wildman–Crippen LogP) is 4.24. The molecule has 16 heteroatoms. The van der Waals surface area contributed by atoms with Crippen LogP contribution in [0.3, 0.4) is 0 Å². The minimum absolute atomic E-state index is 0.0162. The third-order valence-corrected chi connectivity index (χ3v) is 6.61. The Morgan fingerprint density at radius 2 is 0.800 bits per heavy atom. The zero-order chi connectivity index (χ0) is 35.7. The first kappa shape index (κ1) is 43.0. The van der Waals surface area contributed by atoms with Crippen LogP contribution in [0, 0.1) is 10.1 Å². The van der Waals surface area contributed by atoms with Gasteiger partial charge in [-0.1, -0.05) is 0 Å². The summed E-state index contributed by atoms with van der Waals surface area (Å²) in [5.74, 6) is 0. The Labute approximate surface area is 295 Å². The molecule has 0 radical (unpaired) electrons. The second kappa shape index (κ2) is 30.6. The van der Waals surface area contributed by atoms with Crippen molar-refractivity contribution in [1.82, 2.24) is 0 Å². The molecule has 0 amide bonds. The van der Waals surface area contributed by atoms with Crippen LogP contribution < -0.4 is 4.90 Å². The number of ether oxygens (including phenoxy) is 10. The lowest BCUT2D eigenvalue weighted by molar-refractivity contribution is -0.384. The fraction of sp³-hybridized carbons (Fsp3) is 0.647. The SMILES string of the molecule is COCCOCCOCCOCCOCCOCCOCCOCCOCCOCCN(C)c1ccc(N=Nc2ccc([N+](=O)[O-])cc2)cc1. The standard InChI is InChI=1S/C34H54N4O12/c1-37(33-7-3-31(4-8-33)35-36-32-5-9-34(10-6-32)38(39)40)11-12-42-15-16-44-19-20-46-23-24-48-27-28-50-30-29-49-26-25-47-22-21-45-18-17-43-14-13-41-2/h3-10H,11-30H2,1-2H3. The molecule has 0 bridgehead atoms. The summed E-state index contributed by atoms with van der Waals surface area (Å²) in [5.41, 5.74) is 2.26. The van der Waals surface area contributed by atoms with Gasteiger partial charge in [0.1, 0.15) is 0 Å². The van der Waals surface area contributed by atoms with E-state index in [1.165, 1.54) is 12.1 Å². The number of hydrogen-bond donors (Lipinski definition) is 0. The molecule has 0 N–H and O–H groups in total. The molecule has 0 aliphatic heterocycles. The highest BCUT2D eigenvalue weighted by molar-refractivity contribution is 5.52. The first-order valence-corrected chi connectivity index (χ1v) is 16.8. The molecule has 0 spiro atoms. The summed E-state index contributed by atoms with van der Waals surface area (Å²) in [4.78, 5) is 12.4. The molecule has 0 fully saturated rings. The molecule has 0 saturated carbocycles. The molecule has 282 valence electrons. The molecule has 16 nitrogen and oxygen atoms in total. The van der Waals surface area contributed by atoms with Gasteiger partial charge in [-0.05, 0) is 36.4 Å². The van der Waals surface area contributed by atoms with E-state index in [0.717, 1.165) is 5.69 Å². The van der Waals surface area contributed by atoms with E-state index in [-0.39, 0.29) is 5.69 Å². The van der Waals surface area contributed by atoms with E-state index in [4.69, 9.17) is 47.4 Å². The van der Waals surface area contributed by atoms with E-state index in [1.807, 2.05) is 31.3 Å². The molecule has 0 aliphatic carbocycles. The Morgan fingerprint density at radius 3 is 1.12 bits per heavy atom. The largest absolute Gasteiger partial charge is 0.382 e. The zero-order valence-electron chi connectivity index (χ0n) is 29.4. The van der Waals surface area contributed by atoms with Gasteiger partial charge in [0.2, 0.25) is 0 Å². The predicted molar refractivity (Wildman–Crippen MR) is 186 cm³/mol. The van der Waals surface area contributed by atoms with Crippen molar-refractivity contribution < 1.29 is 52.3 Å². The third-order valence-electron chi connectivity index (χ3n) is 6.61. The average molecular weight is 711 g/mol. The molecule has 0 heterocycles. The van der Waals surface area contributed by atoms with Crippen LogP contribution in [0.15, 0.2) is 58.8 Å².